The average Bonchev–Trinajstić information content (AvgIpc) is 3.06. The molecule has 1 fully saturated rings. The van der Waals surface area contributed by atoms with Gasteiger partial charge in [0.05, 0.1) is 23.8 Å². The van der Waals surface area contributed by atoms with Gasteiger partial charge < -0.3 is 16.2 Å². The highest BCUT2D eigenvalue weighted by Gasteiger charge is 2.60. The molecule has 2 atom stereocenters. The summed E-state index contributed by atoms with van der Waals surface area (Å²) in [5.41, 5.74) is 5.13. The van der Waals surface area contributed by atoms with Gasteiger partial charge in [0.1, 0.15) is 0 Å². The van der Waals surface area contributed by atoms with Crippen molar-refractivity contribution < 1.29 is 14.7 Å². The number of amides is 2. The summed E-state index contributed by atoms with van der Waals surface area (Å²) in [6, 6.07) is 5.30. The van der Waals surface area contributed by atoms with Gasteiger partial charge in [0.25, 0.3) is 0 Å². The number of aliphatic hydroxyl groups is 1. The van der Waals surface area contributed by atoms with Crippen LogP contribution in [0.1, 0.15) is 18.5 Å². The predicted octanol–water partition coefficient (Wildman–Crippen LogP) is -0.719. The van der Waals surface area contributed by atoms with Gasteiger partial charge in [-0.2, -0.15) is 0 Å². The summed E-state index contributed by atoms with van der Waals surface area (Å²) >= 11 is 0. The Morgan fingerprint density at radius 1 is 1.56 bits per heavy atom. The largest absolute Gasteiger partial charge is 0.396 e. The molecular weight excluding hydrogens is 234 g/mol. The number of hydrogen-bond donors (Lipinski definition) is 3. The van der Waals surface area contributed by atoms with Gasteiger partial charge in [-0.1, -0.05) is 6.07 Å². The van der Waals surface area contributed by atoms with Crippen molar-refractivity contribution in [3.8, 4) is 0 Å². The van der Waals surface area contributed by atoms with E-state index in [2.05, 4.69) is 10.3 Å². The van der Waals surface area contributed by atoms with E-state index in [4.69, 9.17) is 10.8 Å². The van der Waals surface area contributed by atoms with Crippen molar-refractivity contribution in [1.29, 1.82) is 0 Å². The summed E-state index contributed by atoms with van der Waals surface area (Å²) in [5.74, 6) is -1.20. The molecule has 0 radical (unpaired) electrons. The number of nitrogens with two attached hydrogens (primary N) is 1. The fourth-order valence-electron chi connectivity index (χ4n) is 2.13. The van der Waals surface area contributed by atoms with E-state index < -0.39 is 17.4 Å². The van der Waals surface area contributed by atoms with E-state index in [1.54, 1.807) is 24.4 Å². The zero-order valence-electron chi connectivity index (χ0n) is 9.80. The van der Waals surface area contributed by atoms with Crippen molar-refractivity contribution in [2.45, 2.75) is 18.4 Å². The van der Waals surface area contributed by atoms with Crippen LogP contribution in [0.15, 0.2) is 24.4 Å². The Balaban J connectivity index is 2.22. The highest BCUT2D eigenvalue weighted by molar-refractivity contribution is 5.85. The molecule has 1 aliphatic carbocycles. The molecule has 1 saturated carbocycles. The van der Waals surface area contributed by atoms with Gasteiger partial charge in [0.2, 0.25) is 11.8 Å². The number of nitrogens with zero attached hydrogens (tertiary/aromatic N) is 1. The number of carbonyl (C=O) groups is 2. The fraction of sp³-hybridized carbons (Fsp3) is 0.417. The summed E-state index contributed by atoms with van der Waals surface area (Å²) in [7, 11) is 0. The third-order valence-electron chi connectivity index (χ3n) is 3.13. The van der Waals surface area contributed by atoms with Crippen molar-refractivity contribution in [3.05, 3.63) is 30.1 Å². The minimum atomic E-state index is -0.792. The standard InChI is InChI=1S/C12H15N3O3/c13-11(18)8-7-12(8,15-10(17)4-6-16)9-3-1-2-5-14-9/h1-3,5,8,16H,4,6-7H2,(H2,13,18)(H,15,17)/t8?,12-/m0/s1. The van der Waals surface area contributed by atoms with Crippen molar-refractivity contribution in [3.63, 3.8) is 0 Å². The summed E-state index contributed by atoms with van der Waals surface area (Å²) in [6.07, 6.45) is 2.06. The first-order valence-electron chi connectivity index (χ1n) is 5.73. The Morgan fingerprint density at radius 3 is 2.83 bits per heavy atom. The van der Waals surface area contributed by atoms with Crippen LogP contribution in [0.25, 0.3) is 0 Å². The van der Waals surface area contributed by atoms with Gasteiger partial charge in [-0.05, 0) is 18.6 Å². The molecule has 6 nitrogen and oxygen atoms in total. The maximum absolute atomic E-state index is 11.6. The van der Waals surface area contributed by atoms with Gasteiger partial charge in [-0.3, -0.25) is 14.6 Å². The van der Waals surface area contributed by atoms with Crippen LogP contribution in [0, 0.1) is 5.92 Å². The first kappa shape index (κ1) is 12.5. The molecule has 1 unspecified atom stereocenters. The Bertz CT molecular complexity index is 463. The number of pyridine rings is 1. The normalized spacial score (nSPS) is 25.5. The molecule has 1 heterocycles. The minimum absolute atomic E-state index is 0.0000650. The lowest BCUT2D eigenvalue weighted by molar-refractivity contribution is -0.123. The zero-order valence-corrected chi connectivity index (χ0v) is 9.80. The van der Waals surface area contributed by atoms with Crippen molar-refractivity contribution in [1.82, 2.24) is 10.3 Å². The van der Waals surface area contributed by atoms with E-state index in [1.807, 2.05) is 0 Å². The van der Waals surface area contributed by atoms with E-state index in [9.17, 15) is 9.59 Å². The van der Waals surface area contributed by atoms with Crippen molar-refractivity contribution >= 4 is 11.8 Å². The molecule has 0 bridgehead atoms. The van der Waals surface area contributed by atoms with E-state index >= 15 is 0 Å². The predicted molar refractivity (Wildman–Crippen MR) is 63.1 cm³/mol. The van der Waals surface area contributed by atoms with E-state index in [1.165, 1.54) is 0 Å². The molecule has 1 aromatic rings. The van der Waals surface area contributed by atoms with Crippen LogP contribution in [-0.2, 0) is 15.1 Å². The molecule has 2 amide bonds. The average molecular weight is 249 g/mol. The summed E-state index contributed by atoms with van der Waals surface area (Å²) < 4.78 is 0. The van der Waals surface area contributed by atoms with Crippen LogP contribution in [0.2, 0.25) is 0 Å². The second kappa shape index (κ2) is 4.73. The molecule has 1 aromatic heterocycles. The summed E-state index contributed by atoms with van der Waals surface area (Å²) in [6.45, 7) is -0.231. The maximum Gasteiger partial charge on any atom is 0.223 e. The van der Waals surface area contributed by atoms with E-state index in [0.29, 0.717) is 12.1 Å². The number of nitrogens with one attached hydrogen (secondary N) is 1. The quantitative estimate of drug-likeness (QED) is 0.640. The van der Waals surface area contributed by atoms with Crippen LogP contribution in [0.5, 0.6) is 0 Å². The van der Waals surface area contributed by atoms with Gasteiger partial charge >= 0.3 is 0 Å². The van der Waals surface area contributed by atoms with Crippen molar-refractivity contribution in [2.24, 2.45) is 11.7 Å². The molecule has 0 saturated heterocycles. The second-order valence-electron chi connectivity index (χ2n) is 4.37. The minimum Gasteiger partial charge on any atom is -0.396 e. The van der Waals surface area contributed by atoms with Crippen LogP contribution in [-0.4, -0.2) is 28.5 Å². The smallest absolute Gasteiger partial charge is 0.223 e. The lowest BCUT2D eigenvalue weighted by Gasteiger charge is -2.18. The SMILES string of the molecule is NC(=O)C1C[C@@]1(NC(=O)CCO)c1ccccn1. The lowest BCUT2D eigenvalue weighted by Crippen LogP contribution is -2.39. The first-order valence-corrected chi connectivity index (χ1v) is 5.73. The zero-order chi connectivity index (χ0) is 13.2. The molecule has 0 aliphatic heterocycles. The van der Waals surface area contributed by atoms with Crippen LogP contribution in [0.4, 0.5) is 0 Å². The highest BCUT2D eigenvalue weighted by Crippen LogP contribution is 2.51. The van der Waals surface area contributed by atoms with Crippen LogP contribution >= 0.6 is 0 Å². The molecule has 96 valence electrons. The van der Waals surface area contributed by atoms with Crippen molar-refractivity contribution in [2.75, 3.05) is 6.61 Å². The van der Waals surface area contributed by atoms with E-state index in [0.717, 1.165) is 0 Å². The van der Waals surface area contributed by atoms with Gasteiger partial charge in [0, 0.05) is 12.6 Å². The number of rotatable bonds is 5. The molecule has 1 aliphatic rings. The molecule has 2 rings (SSSR count). The van der Waals surface area contributed by atoms with E-state index in [-0.39, 0.29) is 18.9 Å². The topological polar surface area (TPSA) is 105 Å². The third kappa shape index (κ3) is 2.19. The number of primary amides is 1. The van der Waals surface area contributed by atoms with Gasteiger partial charge in [-0.25, -0.2) is 0 Å². The first-order chi connectivity index (χ1) is 8.60. The number of aromatic nitrogens is 1. The Hall–Kier alpha value is -1.95. The number of carbonyl (C=O) groups excluding carboxylic acids is 2. The van der Waals surface area contributed by atoms with Crippen LogP contribution < -0.4 is 11.1 Å². The summed E-state index contributed by atoms with van der Waals surface area (Å²) in [4.78, 5) is 27.0. The molecular formula is C12H15N3O3. The lowest BCUT2D eigenvalue weighted by atomic mass is 10.1. The maximum atomic E-state index is 11.6. The highest BCUT2D eigenvalue weighted by atomic mass is 16.3. The molecule has 0 aromatic carbocycles. The molecule has 0 spiro atoms. The number of hydrogen-bond acceptors (Lipinski definition) is 4. The van der Waals surface area contributed by atoms with Crippen LogP contribution in [0.3, 0.4) is 0 Å². The second-order valence-corrected chi connectivity index (χ2v) is 4.37. The van der Waals surface area contributed by atoms with Gasteiger partial charge in [0.15, 0.2) is 0 Å². The molecule has 18 heavy (non-hydrogen) atoms. The molecule has 4 N–H and O–H groups in total. The third-order valence-corrected chi connectivity index (χ3v) is 3.13. The summed E-state index contributed by atoms with van der Waals surface area (Å²) in [5, 5.41) is 11.5. The fourth-order valence-corrected chi connectivity index (χ4v) is 2.13. The van der Waals surface area contributed by atoms with Gasteiger partial charge in [-0.15, -0.1) is 0 Å². The Labute approximate surface area is 104 Å². The Morgan fingerprint density at radius 2 is 2.33 bits per heavy atom. The monoisotopic (exact) mass is 249 g/mol. The molecule has 6 heteroatoms. The number of aliphatic hydroxyl groups excluding tert-OH is 1. The Kier molecular flexibility index (Phi) is 3.29.